The summed E-state index contributed by atoms with van der Waals surface area (Å²) in [6, 6.07) is 22.4. The molecule has 3 aromatic rings. The Labute approximate surface area is 217 Å². The van der Waals surface area contributed by atoms with E-state index in [1.54, 1.807) is 6.08 Å². The molecular weight excluding hydrogens is 464 g/mol. The SMILES string of the molecule is O=CN(c1cccc(/C=C/C(=O)O)c1)C1(Cc2ccc(-c3ccc4c(c3)OCCN4)cc2)CCCCC1. The van der Waals surface area contributed by atoms with E-state index in [1.807, 2.05) is 29.2 Å². The lowest BCUT2D eigenvalue weighted by Gasteiger charge is -2.45. The van der Waals surface area contributed by atoms with Crippen LogP contribution in [0, 0.1) is 0 Å². The second-order valence-corrected chi connectivity index (χ2v) is 9.89. The molecule has 0 bridgehead atoms. The number of ether oxygens (including phenoxy) is 1. The molecule has 1 aliphatic carbocycles. The minimum atomic E-state index is -0.996. The Morgan fingerprint density at radius 3 is 2.54 bits per heavy atom. The molecule has 0 spiro atoms. The van der Waals surface area contributed by atoms with E-state index in [2.05, 4.69) is 47.8 Å². The van der Waals surface area contributed by atoms with E-state index >= 15 is 0 Å². The number of hydrogen-bond acceptors (Lipinski definition) is 4. The number of carbonyl (C=O) groups excluding carboxylic acids is 1. The van der Waals surface area contributed by atoms with Gasteiger partial charge in [-0.05, 0) is 71.9 Å². The summed E-state index contributed by atoms with van der Waals surface area (Å²) in [6.45, 7) is 1.49. The number of nitrogens with one attached hydrogen (secondary N) is 1. The molecule has 190 valence electrons. The first-order chi connectivity index (χ1) is 18.1. The average molecular weight is 497 g/mol. The fourth-order valence-electron chi connectivity index (χ4n) is 5.61. The minimum absolute atomic E-state index is 0.317. The standard InChI is InChI=1S/C31H32N2O4/c34-22-33(27-6-4-5-23(19-27)9-14-30(35)36)31(15-2-1-3-16-31)21-24-7-10-25(11-8-24)26-12-13-28-29(20-26)37-18-17-32-28/h4-14,19-20,22,32H,1-3,15-18,21H2,(H,35,36)/b14-9+. The van der Waals surface area contributed by atoms with Gasteiger partial charge in [0, 0.05) is 18.3 Å². The van der Waals surface area contributed by atoms with Gasteiger partial charge in [0.15, 0.2) is 0 Å². The van der Waals surface area contributed by atoms with Gasteiger partial charge in [0.25, 0.3) is 0 Å². The molecule has 1 fully saturated rings. The largest absolute Gasteiger partial charge is 0.490 e. The summed E-state index contributed by atoms with van der Waals surface area (Å²) in [4.78, 5) is 25.4. The number of rotatable bonds is 8. The van der Waals surface area contributed by atoms with Gasteiger partial charge in [-0.15, -0.1) is 0 Å². The van der Waals surface area contributed by atoms with E-state index in [9.17, 15) is 9.59 Å². The summed E-state index contributed by atoms with van der Waals surface area (Å²) in [5.74, 6) is -0.111. The molecule has 1 amide bonds. The molecule has 3 aromatic carbocycles. The number of carbonyl (C=O) groups is 2. The van der Waals surface area contributed by atoms with Crippen LogP contribution in [0.2, 0.25) is 0 Å². The Hall–Kier alpha value is -4.06. The Kier molecular flexibility index (Phi) is 7.26. The molecule has 0 saturated heterocycles. The molecule has 1 aliphatic heterocycles. The van der Waals surface area contributed by atoms with Crippen LogP contribution in [0.4, 0.5) is 11.4 Å². The Morgan fingerprint density at radius 1 is 1.00 bits per heavy atom. The van der Waals surface area contributed by atoms with Crippen molar-refractivity contribution in [3.05, 3.63) is 83.9 Å². The van der Waals surface area contributed by atoms with Crippen LogP contribution in [0.3, 0.4) is 0 Å². The van der Waals surface area contributed by atoms with Crippen molar-refractivity contribution < 1.29 is 19.4 Å². The number of nitrogens with zero attached hydrogens (tertiary/aromatic N) is 1. The number of carboxylic acids is 1. The summed E-state index contributed by atoms with van der Waals surface area (Å²) in [5, 5.41) is 12.3. The van der Waals surface area contributed by atoms with Crippen molar-refractivity contribution in [3.63, 3.8) is 0 Å². The van der Waals surface area contributed by atoms with Crippen molar-refractivity contribution >= 4 is 29.8 Å². The second kappa shape index (κ2) is 10.9. The number of carboxylic acid groups (broad SMARTS) is 1. The maximum absolute atomic E-state index is 12.5. The van der Waals surface area contributed by atoms with Crippen LogP contribution in [0.15, 0.2) is 72.8 Å². The molecule has 2 aliphatic rings. The number of anilines is 2. The summed E-state index contributed by atoms with van der Waals surface area (Å²) in [6.07, 6.45) is 9.56. The lowest BCUT2D eigenvalue weighted by atomic mass is 9.76. The molecule has 6 heteroatoms. The van der Waals surface area contributed by atoms with Gasteiger partial charge in [0.2, 0.25) is 6.41 Å². The lowest BCUT2D eigenvalue weighted by molar-refractivity contribution is -0.131. The lowest BCUT2D eigenvalue weighted by Crippen LogP contribution is -2.51. The summed E-state index contributed by atoms with van der Waals surface area (Å²) >= 11 is 0. The number of fused-ring (bicyclic) bond motifs is 1. The quantitative estimate of drug-likeness (QED) is 0.288. The third-order valence-electron chi connectivity index (χ3n) is 7.44. The van der Waals surface area contributed by atoms with Crippen LogP contribution in [0.1, 0.15) is 43.2 Å². The highest BCUT2D eigenvalue weighted by Gasteiger charge is 2.38. The maximum atomic E-state index is 12.5. The van der Waals surface area contributed by atoms with E-state index in [1.165, 1.54) is 12.0 Å². The molecule has 5 rings (SSSR count). The second-order valence-electron chi connectivity index (χ2n) is 9.89. The zero-order valence-electron chi connectivity index (χ0n) is 20.9. The molecule has 1 heterocycles. The maximum Gasteiger partial charge on any atom is 0.328 e. The average Bonchev–Trinajstić information content (AvgIpc) is 2.93. The number of amides is 1. The van der Waals surface area contributed by atoms with Crippen LogP contribution in [-0.2, 0) is 16.0 Å². The van der Waals surface area contributed by atoms with Gasteiger partial charge >= 0.3 is 5.97 Å². The van der Waals surface area contributed by atoms with Gasteiger partial charge in [0.05, 0.1) is 11.2 Å². The molecule has 6 nitrogen and oxygen atoms in total. The fraction of sp³-hybridized carbons (Fsp3) is 0.290. The zero-order valence-corrected chi connectivity index (χ0v) is 20.9. The minimum Gasteiger partial charge on any atom is -0.490 e. The summed E-state index contributed by atoms with van der Waals surface area (Å²) in [5.41, 5.74) is 5.69. The smallest absolute Gasteiger partial charge is 0.328 e. The normalized spacial score (nSPS) is 16.3. The number of aliphatic carboxylic acids is 1. The third kappa shape index (κ3) is 5.53. The van der Waals surface area contributed by atoms with Crippen LogP contribution in [0.5, 0.6) is 5.75 Å². The molecule has 0 atom stereocenters. The number of benzene rings is 3. The predicted molar refractivity (Wildman–Crippen MR) is 147 cm³/mol. The predicted octanol–water partition coefficient (Wildman–Crippen LogP) is 6.16. The van der Waals surface area contributed by atoms with Crippen molar-refractivity contribution in [2.45, 2.75) is 44.1 Å². The summed E-state index contributed by atoms with van der Waals surface area (Å²) < 4.78 is 5.80. The molecule has 1 saturated carbocycles. The van der Waals surface area contributed by atoms with Crippen molar-refractivity contribution in [2.24, 2.45) is 0 Å². The van der Waals surface area contributed by atoms with Gasteiger partial charge in [-0.1, -0.05) is 61.7 Å². The van der Waals surface area contributed by atoms with Crippen molar-refractivity contribution in [2.75, 3.05) is 23.4 Å². The first-order valence-electron chi connectivity index (χ1n) is 12.9. The van der Waals surface area contributed by atoms with Crippen LogP contribution in [-0.4, -0.2) is 36.2 Å². The zero-order chi connectivity index (χ0) is 25.7. The van der Waals surface area contributed by atoms with Gasteiger partial charge in [-0.25, -0.2) is 4.79 Å². The molecule has 0 radical (unpaired) electrons. The first kappa shape index (κ1) is 24.6. The van der Waals surface area contributed by atoms with E-state index in [0.29, 0.717) is 6.61 Å². The van der Waals surface area contributed by atoms with Gasteiger partial charge in [-0.3, -0.25) is 4.79 Å². The van der Waals surface area contributed by atoms with Crippen molar-refractivity contribution in [1.82, 2.24) is 0 Å². The highest BCUT2D eigenvalue weighted by atomic mass is 16.5. The first-order valence-corrected chi connectivity index (χ1v) is 12.9. The Bertz CT molecular complexity index is 1290. The van der Waals surface area contributed by atoms with Crippen molar-refractivity contribution in [1.29, 1.82) is 0 Å². The van der Waals surface area contributed by atoms with Crippen molar-refractivity contribution in [3.8, 4) is 16.9 Å². The highest BCUT2D eigenvalue weighted by molar-refractivity contribution is 5.86. The Morgan fingerprint density at radius 2 is 1.78 bits per heavy atom. The molecule has 0 aromatic heterocycles. The van der Waals surface area contributed by atoms with Crippen LogP contribution in [0.25, 0.3) is 17.2 Å². The van der Waals surface area contributed by atoms with E-state index < -0.39 is 5.97 Å². The van der Waals surface area contributed by atoms with Gasteiger partial charge in [0.1, 0.15) is 12.4 Å². The monoisotopic (exact) mass is 496 g/mol. The van der Waals surface area contributed by atoms with Crippen LogP contribution >= 0.6 is 0 Å². The van der Waals surface area contributed by atoms with E-state index in [0.717, 1.165) is 84.9 Å². The van der Waals surface area contributed by atoms with Gasteiger partial charge < -0.3 is 20.1 Å². The van der Waals surface area contributed by atoms with Gasteiger partial charge in [-0.2, -0.15) is 0 Å². The Balaban J connectivity index is 1.41. The summed E-state index contributed by atoms with van der Waals surface area (Å²) in [7, 11) is 0. The highest BCUT2D eigenvalue weighted by Crippen LogP contribution is 2.39. The van der Waals surface area contributed by atoms with E-state index in [4.69, 9.17) is 9.84 Å². The van der Waals surface area contributed by atoms with Crippen LogP contribution < -0.4 is 15.0 Å². The third-order valence-corrected chi connectivity index (χ3v) is 7.44. The topological polar surface area (TPSA) is 78.9 Å². The molecular formula is C31H32N2O4. The molecule has 0 unspecified atom stereocenters. The fourth-order valence-corrected chi connectivity index (χ4v) is 5.61. The molecule has 37 heavy (non-hydrogen) atoms. The molecule has 2 N–H and O–H groups in total. The van der Waals surface area contributed by atoms with E-state index in [-0.39, 0.29) is 5.54 Å². The number of hydrogen-bond donors (Lipinski definition) is 2.